The molecule has 0 spiro atoms. The first-order chi connectivity index (χ1) is 4.52. The van der Waals surface area contributed by atoms with Crippen LogP contribution in [0.2, 0.25) is 0 Å². The molecule has 0 fully saturated rings. The topological polar surface area (TPSA) is 29.5 Å². The number of nitrogens with zero attached hydrogens (tertiary/aromatic N) is 1. The molecule has 60 valence electrons. The Morgan fingerprint density at radius 3 is 2.50 bits per heavy atom. The van der Waals surface area contributed by atoms with Crippen molar-refractivity contribution in [2.24, 2.45) is 0 Å². The van der Waals surface area contributed by atoms with Crippen LogP contribution in [-0.4, -0.2) is 36.9 Å². The standard InChI is InChI=1S/C6H13NO2S/c1-5(8)9-6(10)4-7(2)3/h6,10H,4H2,1-3H3. The predicted molar refractivity (Wildman–Crippen MR) is 43.1 cm³/mol. The Kier molecular flexibility index (Phi) is 4.47. The van der Waals surface area contributed by atoms with Crippen LogP contribution in [0.25, 0.3) is 0 Å². The summed E-state index contributed by atoms with van der Waals surface area (Å²) in [5.74, 6) is -0.290. The van der Waals surface area contributed by atoms with Crippen molar-refractivity contribution < 1.29 is 9.53 Å². The monoisotopic (exact) mass is 163 g/mol. The van der Waals surface area contributed by atoms with Crippen LogP contribution in [-0.2, 0) is 9.53 Å². The first-order valence-corrected chi connectivity index (χ1v) is 3.54. The van der Waals surface area contributed by atoms with Gasteiger partial charge in [-0.15, -0.1) is 12.6 Å². The maximum Gasteiger partial charge on any atom is 0.303 e. The summed E-state index contributed by atoms with van der Waals surface area (Å²) in [6.07, 6.45) is 0. The van der Waals surface area contributed by atoms with Gasteiger partial charge in [0.2, 0.25) is 0 Å². The van der Waals surface area contributed by atoms with Gasteiger partial charge in [-0.25, -0.2) is 0 Å². The Morgan fingerprint density at radius 1 is 1.70 bits per heavy atom. The minimum Gasteiger partial charge on any atom is -0.450 e. The lowest BCUT2D eigenvalue weighted by molar-refractivity contribution is -0.142. The summed E-state index contributed by atoms with van der Waals surface area (Å²) >= 11 is 4.02. The molecule has 0 aliphatic heterocycles. The fraction of sp³-hybridized carbons (Fsp3) is 0.833. The third-order valence-electron chi connectivity index (χ3n) is 0.823. The highest BCUT2D eigenvalue weighted by Crippen LogP contribution is 1.98. The van der Waals surface area contributed by atoms with Gasteiger partial charge in [-0.2, -0.15) is 0 Å². The quantitative estimate of drug-likeness (QED) is 0.370. The van der Waals surface area contributed by atoms with E-state index in [2.05, 4.69) is 12.6 Å². The SMILES string of the molecule is CC(=O)OC(S)CN(C)C. The summed E-state index contributed by atoms with van der Waals surface area (Å²) in [5, 5.41) is 0. The molecular weight excluding hydrogens is 150 g/mol. The number of hydrogen-bond donors (Lipinski definition) is 1. The number of hydrogen-bond acceptors (Lipinski definition) is 4. The van der Waals surface area contributed by atoms with Crippen LogP contribution in [0.3, 0.4) is 0 Å². The average molecular weight is 163 g/mol. The minimum absolute atomic E-state index is 0.290. The van der Waals surface area contributed by atoms with Crippen LogP contribution in [0.4, 0.5) is 0 Å². The molecule has 0 aliphatic carbocycles. The third-order valence-corrected chi connectivity index (χ3v) is 1.09. The highest BCUT2D eigenvalue weighted by atomic mass is 32.1. The van der Waals surface area contributed by atoms with Gasteiger partial charge in [0.15, 0.2) is 5.44 Å². The Morgan fingerprint density at radius 2 is 2.20 bits per heavy atom. The largest absolute Gasteiger partial charge is 0.450 e. The lowest BCUT2D eigenvalue weighted by Gasteiger charge is -2.15. The highest BCUT2D eigenvalue weighted by molar-refractivity contribution is 7.80. The molecule has 0 aromatic rings. The summed E-state index contributed by atoms with van der Waals surface area (Å²) in [5.41, 5.74) is -0.313. The van der Waals surface area contributed by atoms with Crippen molar-refractivity contribution >= 4 is 18.6 Å². The lowest BCUT2D eigenvalue weighted by atomic mass is 10.6. The van der Waals surface area contributed by atoms with Crippen molar-refractivity contribution in [2.75, 3.05) is 20.6 Å². The van der Waals surface area contributed by atoms with Crippen LogP contribution < -0.4 is 0 Å². The molecule has 0 amide bonds. The van der Waals surface area contributed by atoms with E-state index >= 15 is 0 Å². The first-order valence-electron chi connectivity index (χ1n) is 3.02. The zero-order valence-electron chi connectivity index (χ0n) is 6.50. The van der Waals surface area contributed by atoms with Gasteiger partial charge in [-0.3, -0.25) is 4.79 Å². The van der Waals surface area contributed by atoms with E-state index in [0.29, 0.717) is 6.54 Å². The van der Waals surface area contributed by atoms with Gasteiger partial charge in [0, 0.05) is 13.5 Å². The van der Waals surface area contributed by atoms with E-state index in [9.17, 15) is 4.79 Å². The van der Waals surface area contributed by atoms with E-state index in [1.165, 1.54) is 6.92 Å². The van der Waals surface area contributed by atoms with Gasteiger partial charge in [0.1, 0.15) is 0 Å². The molecule has 1 unspecified atom stereocenters. The third kappa shape index (κ3) is 5.91. The second-order valence-corrected chi connectivity index (χ2v) is 2.90. The summed E-state index contributed by atoms with van der Waals surface area (Å²) < 4.78 is 4.74. The molecule has 0 N–H and O–H groups in total. The lowest BCUT2D eigenvalue weighted by Crippen LogP contribution is -2.25. The molecule has 4 heteroatoms. The van der Waals surface area contributed by atoms with Gasteiger partial charge in [0.25, 0.3) is 0 Å². The number of thiol groups is 1. The zero-order chi connectivity index (χ0) is 8.15. The molecule has 0 saturated heterocycles. The average Bonchev–Trinajstić information content (AvgIpc) is 1.58. The fourth-order valence-corrected chi connectivity index (χ4v) is 1.02. The van der Waals surface area contributed by atoms with Gasteiger partial charge < -0.3 is 9.64 Å². The number of ether oxygens (including phenoxy) is 1. The van der Waals surface area contributed by atoms with Crippen molar-refractivity contribution in [2.45, 2.75) is 12.4 Å². The van der Waals surface area contributed by atoms with E-state index in [-0.39, 0.29) is 11.4 Å². The van der Waals surface area contributed by atoms with E-state index in [4.69, 9.17) is 4.74 Å². The van der Waals surface area contributed by atoms with E-state index in [0.717, 1.165) is 0 Å². The maximum absolute atomic E-state index is 10.3. The molecule has 0 aromatic carbocycles. The predicted octanol–water partition coefficient (Wildman–Crippen LogP) is 0.367. The van der Waals surface area contributed by atoms with Crippen molar-refractivity contribution in [1.29, 1.82) is 0 Å². The van der Waals surface area contributed by atoms with Gasteiger partial charge in [0.05, 0.1) is 0 Å². The van der Waals surface area contributed by atoms with Crippen LogP contribution in [0.5, 0.6) is 0 Å². The molecule has 3 nitrogen and oxygen atoms in total. The second-order valence-electron chi connectivity index (χ2n) is 2.33. The normalized spacial score (nSPS) is 13.3. The minimum atomic E-state index is -0.313. The van der Waals surface area contributed by atoms with Gasteiger partial charge >= 0.3 is 5.97 Å². The summed E-state index contributed by atoms with van der Waals surface area (Å²) in [6, 6.07) is 0. The molecule has 0 aliphatic rings. The fourth-order valence-electron chi connectivity index (χ4n) is 0.541. The van der Waals surface area contributed by atoms with Crippen molar-refractivity contribution in [3.63, 3.8) is 0 Å². The Bertz CT molecular complexity index is 116. The number of esters is 1. The van der Waals surface area contributed by atoms with Gasteiger partial charge in [-0.1, -0.05) is 0 Å². The molecule has 0 rings (SSSR count). The number of carbonyl (C=O) groups is 1. The summed E-state index contributed by atoms with van der Waals surface area (Å²) in [6.45, 7) is 2.02. The van der Waals surface area contributed by atoms with Gasteiger partial charge in [-0.05, 0) is 14.1 Å². The molecule has 0 aromatic heterocycles. The van der Waals surface area contributed by atoms with E-state index < -0.39 is 0 Å². The molecule has 10 heavy (non-hydrogen) atoms. The zero-order valence-corrected chi connectivity index (χ0v) is 7.39. The van der Waals surface area contributed by atoms with E-state index in [1.54, 1.807) is 0 Å². The first kappa shape index (κ1) is 9.78. The Hall–Kier alpha value is -0.220. The van der Waals surface area contributed by atoms with E-state index in [1.807, 2.05) is 19.0 Å². The second kappa shape index (κ2) is 4.57. The highest BCUT2D eigenvalue weighted by Gasteiger charge is 2.05. The van der Waals surface area contributed by atoms with Crippen molar-refractivity contribution in [3.8, 4) is 0 Å². The Labute approximate surface area is 66.8 Å². The molecule has 1 atom stereocenters. The molecule has 0 heterocycles. The molecule has 0 radical (unpaired) electrons. The molecule has 0 bridgehead atoms. The molecule has 0 saturated carbocycles. The van der Waals surface area contributed by atoms with Crippen LogP contribution in [0.1, 0.15) is 6.92 Å². The van der Waals surface area contributed by atoms with Crippen LogP contribution in [0.15, 0.2) is 0 Å². The van der Waals surface area contributed by atoms with Crippen molar-refractivity contribution in [1.82, 2.24) is 4.90 Å². The van der Waals surface area contributed by atoms with Crippen LogP contribution >= 0.6 is 12.6 Å². The van der Waals surface area contributed by atoms with Crippen LogP contribution in [0, 0.1) is 0 Å². The summed E-state index contributed by atoms with van der Waals surface area (Å²) in [4.78, 5) is 12.2. The number of carbonyl (C=O) groups excluding carboxylic acids is 1. The summed E-state index contributed by atoms with van der Waals surface area (Å²) in [7, 11) is 3.79. The number of likely N-dealkylation sites (N-methyl/N-ethyl adjacent to an activating group) is 1. The maximum atomic E-state index is 10.3. The number of rotatable bonds is 3. The Balaban J connectivity index is 3.43. The smallest absolute Gasteiger partial charge is 0.303 e. The molecular formula is C6H13NO2S. The van der Waals surface area contributed by atoms with Crippen molar-refractivity contribution in [3.05, 3.63) is 0 Å².